The van der Waals surface area contributed by atoms with Crippen molar-refractivity contribution in [1.82, 2.24) is 41.6 Å². The topological polar surface area (TPSA) is 396 Å². The molecule has 0 aliphatic carbocycles. The lowest BCUT2D eigenvalue weighted by Crippen LogP contribution is -2.43. The molecule has 27 nitrogen and oxygen atoms in total. The lowest BCUT2D eigenvalue weighted by molar-refractivity contribution is -0.139. The number of aromatic nitrogens is 3. The van der Waals surface area contributed by atoms with Crippen LogP contribution < -0.4 is 70.0 Å². The normalized spacial score (nSPS) is 12.5. The van der Waals surface area contributed by atoms with E-state index in [1.54, 1.807) is 64.7 Å². The highest BCUT2D eigenvalue weighted by Crippen LogP contribution is 2.26. The molecule has 0 saturated carbocycles. The molecular weight excluding hydrogens is 1540 g/mol. The Kier molecular flexibility index (Phi) is 60.4. The number of aryl methyl sites for hydroxylation is 1. The molecule has 116 heavy (non-hydrogen) atoms. The maximum atomic E-state index is 11.6. The molecule has 30 heteroatoms. The van der Waals surface area contributed by atoms with Gasteiger partial charge in [-0.15, -0.1) is 5.10 Å². The number of amides is 5. The molecule has 0 fully saturated rings. The van der Waals surface area contributed by atoms with Crippen LogP contribution in [0.2, 0.25) is 0 Å². The average molecular weight is 1710 g/mol. The first-order valence-electron chi connectivity index (χ1n) is 41.1. The van der Waals surface area contributed by atoms with Crippen LogP contribution in [0.15, 0.2) is 25.4 Å². The van der Waals surface area contributed by atoms with Crippen LogP contribution in [0.25, 0.3) is 0 Å². The van der Waals surface area contributed by atoms with Crippen molar-refractivity contribution >= 4 is 84.7 Å². The summed E-state index contributed by atoms with van der Waals surface area (Å²) >= 11 is 1.56. The highest BCUT2D eigenvalue weighted by molar-refractivity contribution is 7.99. The number of nitrogens with two attached hydrogens (primary N) is 1. The van der Waals surface area contributed by atoms with E-state index in [-0.39, 0.29) is 53.2 Å². The van der Waals surface area contributed by atoms with E-state index in [1.807, 2.05) is 6.26 Å². The third kappa shape index (κ3) is 74.5. The number of methoxy groups -OCH3 is 2. The number of nitrogen functional groups attached to an aromatic ring is 1. The summed E-state index contributed by atoms with van der Waals surface area (Å²) in [6.45, 7) is 63.6. The number of thioether (sulfide) groups is 1. The predicted octanol–water partition coefficient (Wildman–Crippen LogP) is 13.2. The number of rotatable bonds is 38. The van der Waals surface area contributed by atoms with E-state index in [9.17, 15) is 55.8 Å². The van der Waals surface area contributed by atoms with Gasteiger partial charge in [0, 0.05) is 96.9 Å². The molecule has 0 aliphatic rings. The van der Waals surface area contributed by atoms with Gasteiger partial charge in [-0.2, -0.15) is 11.8 Å². The summed E-state index contributed by atoms with van der Waals surface area (Å²) in [5.74, 6) is -0.152. The van der Waals surface area contributed by atoms with Crippen molar-refractivity contribution in [3.05, 3.63) is 52.8 Å². The quantitative estimate of drug-likeness (QED) is 0.0188. The smallest absolute Gasteiger partial charge is 0.253 e. The molecule has 0 bridgehead atoms. The summed E-state index contributed by atoms with van der Waals surface area (Å²) < 4.78 is 44.0. The summed E-state index contributed by atoms with van der Waals surface area (Å²) in [7, 11) is 0.510. The fourth-order valence-corrected chi connectivity index (χ4v) is 11.2. The van der Waals surface area contributed by atoms with Gasteiger partial charge in [0.15, 0.2) is 9.84 Å². The van der Waals surface area contributed by atoms with Crippen molar-refractivity contribution in [3.8, 4) is 0 Å². The van der Waals surface area contributed by atoms with Gasteiger partial charge in [-0.25, -0.2) is 8.42 Å². The van der Waals surface area contributed by atoms with Gasteiger partial charge in [-0.3, -0.25) is 52.0 Å². The molecule has 0 aliphatic heterocycles. The molecule has 2 aromatic carbocycles. The van der Waals surface area contributed by atoms with Gasteiger partial charge in [-0.05, 0) is 173 Å². The predicted molar refractivity (Wildman–Crippen MR) is 489 cm³/mol. The number of aliphatic hydroxyl groups excluding tert-OH is 1. The lowest BCUT2D eigenvalue weighted by Gasteiger charge is -2.22. The van der Waals surface area contributed by atoms with Gasteiger partial charge in [0.05, 0.1) is 18.6 Å². The van der Waals surface area contributed by atoms with E-state index < -0.39 is 59.6 Å². The molecule has 1 aromatic heterocycles. The summed E-state index contributed by atoms with van der Waals surface area (Å²) in [4.78, 5) is 100. The number of sulfone groups is 1. The number of nitrogens with zero attached hydrogens (tertiary/aromatic N) is 3. The van der Waals surface area contributed by atoms with Crippen LogP contribution in [0.4, 0.5) is 22.7 Å². The number of nitrogens with one attached hydrogen (secondary N) is 8. The van der Waals surface area contributed by atoms with Crippen molar-refractivity contribution in [2.45, 2.75) is 315 Å². The molecule has 3 aromatic rings. The Balaban J connectivity index is -0.000000405. The zero-order chi connectivity index (χ0) is 91.5. The molecule has 2 atom stereocenters. The van der Waals surface area contributed by atoms with Crippen molar-refractivity contribution < 1.29 is 51.2 Å². The van der Waals surface area contributed by atoms with Crippen LogP contribution >= 0.6 is 11.8 Å². The second-order valence-electron chi connectivity index (χ2n) is 39.8. The Bertz CT molecular complexity index is 3490. The number of hydrogen-bond acceptors (Lipinski definition) is 22. The van der Waals surface area contributed by atoms with E-state index in [0.29, 0.717) is 86.0 Å². The van der Waals surface area contributed by atoms with E-state index in [0.717, 1.165) is 135 Å². The Morgan fingerprint density at radius 3 is 1.18 bits per heavy atom. The number of carbonyl (C=O) groups is 5. The van der Waals surface area contributed by atoms with Gasteiger partial charge >= 0.3 is 0 Å². The molecule has 3 rings (SSSR count). The summed E-state index contributed by atoms with van der Waals surface area (Å²) in [5.41, 5.74) is 7.27. The van der Waals surface area contributed by atoms with Gasteiger partial charge in [-0.1, -0.05) is 171 Å². The average Bonchev–Trinajstić information content (AvgIpc) is 0.843. The molecule has 1 heterocycles. The number of anilines is 4. The van der Waals surface area contributed by atoms with Gasteiger partial charge in [0.2, 0.25) is 23.6 Å². The number of hydrogen-bond donors (Lipinski definition) is 10. The van der Waals surface area contributed by atoms with Crippen LogP contribution in [0.1, 0.15) is 295 Å². The zero-order valence-electron chi connectivity index (χ0n) is 78.8. The van der Waals surface area contributed by atoms with E-state index >= 15 is 0 Å². The molecule has 0 saturated heterocycles. The second-order valence-corrected chi connectivity index (χ2v) is 44.3. The monoisotopic (exact) mass is 1710 g/mol. The first-order chi connectivity index (χ1) is 52.6. The van der Waals surface area contributed by atoms with E-state index in [2.05, 4.69) is 219 Å². The maximum Gasteiger partial charge on any atom is 0.253 e. The molecule has 5 amide bonds. The first kappa shape index (κ1) is 119. The van der Waals surface area contributed by atoms with Crippen molar-refractivity contribution in [3.63, 3.8) is 0 Å². The Morgan fingerprint density at radius 2 is 0.853 bits per heavy atom. The molecule has 2 unspecified atom stereocenters. The largest absolute Gasteiger partial charge is 0.394 e. The minimum atomic E-state index is -3.20. The SMILES string of the molecule is CC(C)(C)CCCNC(=O)CS(C)(=O)=O.CC(C)(C)CCCNc1c(N)c(=O)c1=O.CC(C)(C)CCCn1cc(CO)nn1.CNc1c(NCCCC(C)(C)C)c(=O)c1=O.COC(C)(C)C(=O)NCCCC(C)(C)C.COC(C)C(=O)NCCCC(C)(C)C.CS(=O)CC(=O)NCCCC(C)(C)C.CSCC(=O)NCCCC(C)(C)C. The zero-order valence-corrected chi connectivity index (χ0v) is 81.2. The lowest BCUT2D eigenvalue weighted by atomic mass is 9.90. The number of carbonyl (C=O) groups excluding carboxylic acids is 5. The molecule has 0 spiro atoms. The summed E-state index contributed by atoms with van der Waals surface area (Å²) in [6.07, 6.45) is 22.8. The van der Waals surface area contributed by atoms with Crippen molar-refractivity contribution in [2.75, 3.05) is 125 Å². The Morgan fingerprint density at radius 1 is 0.517 bits per heavy atom. The number of aliphatic hydroxyl groups is 1. The van der Waals surface area contributed by atoms with Crippen LogP contribution in [-0.2, 0) is 67.2 Å². The van der Waals surface area contributed by atoms with Gasteiger partial charge in [0.1, 0.15) is 51.7 Å². The number of ether oxygens (including phenoxy) is 2. The van der Waals surface area contributed by atoms with Crippen LogP contribution in [-0.4, -0.2) is 177 Å². The molecule has 680 valence electrons. The fraction of sp³-hybridized carbons (Fsp3) is 0.826. The summed E-state index contributed by atoms with van der Waals surface area (Å²) in [5, 5.41) is 39.1. The Labute approximate surface area is 708 Å². The van der Waals surface area contributed by atoms with E-state index in [1.165, 1.54) is 12.7 Å². The van der Waals surface area contributed by atoms with Crippen LogP contribution in [0.3, 0.4) is 0 Å². The van der Waals surface area contributed by atoms with Crippen LogP contribution in [0.5, 0.6) is 0 Å². The molecule has 0 radical (unpaired) electrons. The first-order valence-corrected chi connectivity index (χ1v) is 46.3. The second kappa shape index (κ2) is 59.0. The minimum Gasteiger partial charge on any atom is -0.394 e. The third-order valence-corrected chi connectivity index (χ3v) is 18.8. The standard InChI is InChI=1S/C12H20N2O2.C12H25NO2.C11H18N2O2.C11H23NO2.C10H19N3O.C10H21NO3S.C10H21NO2S.C10H21NOS/c1-12(2,3)6-5-7-14-9-8(13-4)10(15)11(9)16;1-11(2,3)8-7-9-13-10(14)12(4,5)15-6;1-11(2,3)5-4-6-13-8-7(12)9(14)10(8)15;1-9(14-5)10(13)12-8-6-7-11(2,3)4;1-10(2,3)5-4-6-13-7-9(8-14)11-12-13;1-10(2,3)6-5-7-11-9(12)8-15(4,13)14;1-10(2,3)6-5-7-11-9(12)8-14(4)13;1-10(2,3)6-5-7-11-9(12)8-13-4/h13-14H,5-7H2,1-4H3;7-9H2,1-6H3,(H,13,14);13H,4-6,12H2,1-3H3;9H,6-8H2,1-5H3,(H,12,13);7,14H,4-6,8H2,1-3H3;5-8H2,1-4H3,(H,11,12);5-8H2,1-4H3,(H,11,12);5-8H2,1-4H3,(H,11,12). The molecule has 11 N–H and O–H groups in total. The van der Waals surface area contributed by atoms with E-state index in [4.69, 9.17) is 20.3 Å². The highest BCUT2D eigenvalue weighted by Gasteiger charge is 2.27. The van der Waals surface area contributed by atoms with Gasteiger partial charge < -0.3 is 62.8 Å². The highest BCUT2D eigenvalue weighted by atomic mass is 32.2. The fourth-order valence-electron chi connectivity index (χ4n) is 9.79. The van der Waals surface area contributed by atoms with Crippen LogP contribution in [0, 0.1) is 43.3 Å². The Hall–Kier alpha value is -5.82. The summed E-state index contributed by atoms with van der Waals surface area (Å²) in [6, 6.07) is 0. The molecular formula is C86H168N12O15S3. The van der Waals surface area contributed by atoms with Crippen molar-refractivity contribution in [2.24, 2.45) is 43.3 Å². The third-order valence-electron chi connectivity index (χ3n) is 16.8. The van der Waals surface area contributed by atoms with Gasteiger partial charge in [0.25, 0.3) is 27.6 Å². The maximum absolute atomic E-state index is 11.6. The minimum absolute atomic E-state index is 0.0265. The van der Waals surface area contributed by atoms with Crippen molar-refractivity contribution in [1.29, 1.82) is 0 Å².